The first-order chi connectivity index (χ1) is 10.4. The van der Waals surface area contributed by atoms with Gasteiger partial charge in [0.2, 0.25) is 10.0 Å². The number of hydrogen-bond acceptors (Lipinski definition) is 5. The molecule has 0 radical (unpaired) electrons. The summed E-state index contributed by atoms with van der Waals surface area (Å²) in [5.74, 6) is 0.0289. The number of carbonyl (C=O) groups is 1. The van der Waals surface area contributed by atoms with Crippen LogP contribution in [0.4, 0.5) is 0 Å². The molecule has 1 atom stereocenters. The molecule has 0 aromatic carbocycles. The average molecular weight is 345 g/mol. The van der Waals surface area contributed by atoms with Crippen LogP contribution in [-0.2, 0) is 16.4 Å². The van der Waals surface area contributed by atoms with Gasteiger partial charge in [-0.25, -0.2) is 18.1 Å². The zero-order valence-corrected chi connectivity index (χ0v) is 14.7. The highest BCUT2D eigenvalue weighted by Gasteiger charge is 2.28. The zero-order chi connectivity index (χ0) is 16.2. The monoisotopic (exact) mass is 345 g/mol. The average Bonchev–Trinajstić information content (AvgIpc) is 2.95. The Morgan fingerprint density at radius 3 is 2.91 bits per heavy atom. The molecule has 1 aliphatic heterocycles. The normalized spacial score (nSPS) is 19.4. The fourth-order valence-electron chi connectivity index (χ4n) is 2.69. The second kappa shape index (κ2) is 7.52. The Bertz CT molecular complexity index is 613. The number of carbonyl (C=O) groups excluding carboxylic acids is 1. The van der Waals surface area contributed by atoms with Crippen molar-refractivity contribution in [2.45, 2.75) is 45.1 Å². The maximum absolute atomic E-state index is 12.7. The molecular formula is C14H23N3O3S2. The molecule has 1 aliphatic rings. The Balaban J connectivity index is 2.00. The lowest BCUT2D eigenvalue weighted by atomic mass is 9.99. The quantitative estimate of drug-likeness (QED) is 0.850. The first-order valence-corrected chi connectivity index (χ1v) is 10.3. The van der Waals surface area contributed by atoms with E-state index in [1.807, 2.05) is 11.8 Å². The molecule has 1 aromatic heterocycles. The van der Waals surface area contributed by atoms with Gasteiger partial charge < -0.3 is 4.90 Å². The molecule has 1 saturated heterocycles. The highest BCUT2D eigenvalue weighted by molar-refractivity contribution is 7.88. The number of hydrogen-bond donors (Lipinski definition) is 1. The summed E-state index contributed by atoms with van der Waals surface area (Å²) in [4.78, 5) is 19.5. The summed E-state index contributed by atoms with van der Waals surface area (Å²) in [5.41, 5.74) is 0. The molecule has 22 heavy (non-hydrogen) atoms. The van der Waals surface area contributed by atoms with Gasteiger partial charge in [-0.2, -0.15) is 0 Å². The van der Waals surface area contributed by atoms with Gasteiger partial charge in [-0.15, -0.1) is 11.3 Å². The van der Waals surface area contributed by atoms with Crippen LogP contribution in [0.15, 0.2) is 6.20 Å². The van der Waals surface area contributed by atoms with E-state index in [0.29, 0.717) is 17.8 Å². The molecule has 1 unspecified atom stereocenters. The lowest BCUT2D eigenvalue weighted by Crippen LogP contribution is -2.45. The Hall–Kier alpha value is -0.990. The van der Waals surface area contributed by atoms with E-state index in [9.17, 15) is 13.2 Å². The SMILES string of the molecule is CCc1ncc(C(=O)N2CCCCC2CCNS(C)(=O)=O)s1. The minimum Gasteiger partial charge on any atom is -0.335 e. The summed E-state index contributed by atoms with van der Waals surface area (Å²) in [7, 11) is -3.18. The lowest BCUT2D eigenvalue weighted by molar-refractivity contribution is 0.0608. The van der Waals surface area contributed by atoms with Crippen molar-refractivity contribution in [2.24, 2.45) is 0 Å². The molecule has 0 bridgehead atoms. The number of aromatic nitrogens is 1. The summed E-state index contributed by atoms with van der Waals surface area (Å²) in [6.07, 6.45) is 7.30. The van der Waals surface area contributed by atoms with Crippen LogP contribution in [0.3, 0.4) is 0 Å². The number of amides is 1. The van der Waals surface area contributed by atoms with Crippen LogP contribution in [0.1, 0.15) is 47.3 Å². The first kappa shape index (κ1) is 17.4. The highest BCUT2D eigenvalue weighted by Crippen LogP contribution is 2.24. The molecule has 1 aromatic rings. The van der Waals surface area contributed by atoms with Crippen molar-refractivity contribution < 1.29 is 13.2 Å². The third-order valence-electron chi connectivity index (χ3n) is 3.80. The Morgan fingerprint density at radius 2 is 2.27 bits per heavy atom. The molecule has 2 heterocycles. The minimum absolute atomic E-state index is 0.0289. The van der Waals surface area contributed by atoms with E-state index < -0.39 is 10.0 Å². The summed E-state index contributed by atoms with van der Waals surface area (Å²) in [6.45, 7) is 3.13. The van der Waals surface area contributed by atoms with Gasteiger partial charge >= 0.3 is 0 Å². The highest BCUT2D eigenvalue weighted by atomic mass is 32.2. The second-order valence-corrected chi connectivity index (χ2v) is 8.52. The predicted octanol–water partition coefficient (Wildman–Crippen LogP) is 1.64. The van der Waals surface area contributed by atoms with E-state index in [0.717, 1.165) is 43.5 Å². The minimum atomic E-state index is -3.18. The van der Waals surface area contributed by atoms with Crippen LogP contribution in [-0.4, -0.2) is 49.6 Å². The van der Waals surface area contributed by atoms with Crippen LogP contribution in [0.5, 0.6) is 0 Å². The maximum atomic E-state index is 12.7. The summed E-state index contributed by atoms with van der Waals surface area (Å²) < 4.78 is 24.8. The number of aryl methyl sites for hydroxylation is 1. The summed E-state index contributed by atoms with van der Waals surface area (Å²) in [5, 5.41) is 0.968. The maximum Gasteiger partial charge on any atom is 0.265 e. The first-order valence-electron chi connectivity index (χ1n) is 7.61. The summed E-state index contributed by atoms with van der Waals surface area (Å²) >= 11 is 1.45. The number of rotatable bonds is 6. The van der Waals surface area contributed by atoms with Crippen molar-refractivity contribution in [3.05, 3.63) is 16.1 Å². The van der Waals surface area contributed by atoms with Crippen molar-refractivity contribution in [3.63, 3.8) is 0 Å². The fourth-order valence-corrected chi connectivity index (χ4v) is 4.00. The summed E-state index contributed by atoms with van der Waals surface area (Å²) in [6, 6.07) is 0.0997. The molecule has 124 valence electrons. The Labute approximate surface area is 136 Å². The van der Waals surface area contributed by atoms with Crippen molar-refractivity contribution in [2.75, 3.05) is 19.3 Å². The van der Waals surface area contributed by atoms with E-state index in [-0.39, 0.29) is 11.9 Å². The van der Waals surface area contributed by atoms with Crippen molar-refractivity contribution >= 4 is 27.3 Å². The van der Waals surface area contributed by atoms with Gasteiger partial charge in [-0.3, -0.25) is 4.79 Å². The Morgan fingerprint density at radius 1 is 1.50 bits per heavy atom. The molecule has 1 N–H and O–H groups in total. The molecule has 8 heteroatoms. The van der Waals surface area contributed by atoms with Crippen LogP contribution >= 0.6 is 11.3 Å². The largest absolute Gasteiger partial charge is 0.335 e. The van der Waals surface area contributed by atoms with E-state index in [4.69, 9.17) is 0 Å². The predicted molar refractivity (Wildman–Crippen MR) is 87.6 cm³/mol. The Kier molecular flexibility index (Phi) is 5.94. The van der Waals surface area contributed by atoms with Gasteiger partial charge in [0.05, 0.1) is 17.5 Å². The number of sulfonamides is 1. The van der Waals surface area contributed by atoms with Gasteiger partial charge in [0, 0.05) is 19.1 Å². The third-order valence-corrected chi connectivity index (χ3v) is 5.65. The van der Waals surface area contributed by atoms with Crippen LogP contribution < -0.4 is 4.72 Å². The molecule has 6 nitrogen and oxygen atoms in total. The molecule has 1 amide bonds. The number of nitrogens with one attached hydrogen (secondary N) is 1. The molecular weight excluding hydrogens is 322 g/mol. The smallest absolute Gasteiger partial charge is 0.265 e. The van der Waals surface area contributed by atoms with E-state index in [1.54, 1.807) is 6.20 Å². The standard InChI is InChI=1S/C14H23N3O3S2/c1-3-13-15-10-12(21-13)14(18)17-9-5-4-6-11(17)7-8-16-22(2,19)20/h10-11,16H,3-9H2,1-2H3. The van der Waals surface area contributed by atoms with E-state index >= 15 is 0 Å². The molecule has 0 aliphatic carbocycles. The topological polar surface area (TPSA) is 79.4 Å². The molecule has 0 spiro atoms. The van der Waals surface area contributed by atoms with Crippen LogP contribution in [0.2, 0.25) is 0 Å². The molecule has 2 rings (SSSR count). The van der Waals surface area contributed by atoms with Gasteiger partial charge in [0.1, 0.15) is 4.88 Å². The van der Waals surface area contributed by atoms with Crippen LogP contribution in [0.25, 0.3) is 0 Å². The molecule has 0 saturated carbocycles. The van der Waals surface area contributed by atoms with Gasteiger partial charge in [0.25, 0.3) is 5.91 Å². The van der Waals surface area contributed by atoms with Crippen molar-refractivity contribution in [3.8, 4) is 0 Å². The number of likely N-dealkylation sites (tertiary alicyclic amines) is 1. The number of thiazole rings is 1. The lowest BCUT2D eigenvalue weighted by Gasteiger charge is -2.35. The number of piperidine rings is 1. The van der Waals surface area contributed by atoms with Crippen molar-refractivity contribution in [1.29, 1.82) is 0 Å². The zero-order valence-electron chi connectivity index (χ0n) is 13.0. The number of nitrogens with zero attached hydrogens (tertiary/aromatic N) is 2. The third kappa shape index (κ3) is 4.76. The van der Waals surface area contributed by atoms with Gasteiger partial charge in [-0.1, -0.05) is 6.92 Å². The van der Waals surface area contributed by atoms with Gasteiger partial charge in [-0.05, 0) is 32.1 Å². The van der Waals surface area contributed by atoms with Crippen LogP contribution in [0, 0.1) is 0 Å². The fraction of sp³-hybridized carbons (Fsp3) is 0.714. The molecule has 1 fully saturated rings. The van der Waals surface area contributed by atoms with Gasteiger partial charge in [0.15, 0.2) is 0 Å². The van der Waals surface area contributed by atoms with Crippen molar-refractivity contribution in [1.82, 2.24) is 14.6 Å². The van der Waals surface area contributed by atoms with E-state index in [2.05, 4.69) is 9.71 Å². The second-order valence-electron chi connectivity index (χ2n) is 5.58. The van der Waals surface area contributed by atoms with E-state index in [1.165, 1.54) is 11.3 Å².